The van der Waals surface area contributed by atoms with Gasteiger partial charge in [0.15, 0.2) is 0 Å². The summed E-state index contributed by atoms with van der Waals surface area (Å²) >= 11 is 0. The summed E-state index contributed by atoms with van der Waals surface area (Å²) in [5.41, 5.74) is 6.10. The van der Waals surface area contributed by atoms with Gasteiger partial charge in [0, 0.05) is 24.9 Å². The Bertz CT molecular complexity index is 295. The molecule has 0 aliphatic carbocycles. The quantitative estimate of drug-likeness (QED) is 0.715. The van der Waals surface area contributed by atoms with Crippen LogP contribution in [0.1, 0.15) is 26.2 Å². The number of likely N-dealkylation sites (tertiary alicyclic amines) is 1. The van der Waals surface area contributed by atoms with Crippen molar-refractivity contribution in [1.82, 2.24) is 4.90 Å². The molecule has 0 saturated carbocycles. The summed E-state index contributed by atoms with van der Waals surface area (Å²) in [5.74, 6) is 0.287. The molecule has 0 unspecified atom stereocenters. The molecule has 1 aliphatic rings. The molecule has 0 aromatic rings. The number of sulfone groups is 1. The van der Waals surface area contributed by atoms with Crippen molar-refractivity contribution in [3.63, 3.8) is 0 Å². The molecule has 0 amide bonds. The molecule has 15 heavy (non-hydrogen) atoms. The molecule has 0 aromatic heterocycles. The maximum Gasteiger partial charge on any atom is 0.147 e. The maximum atomic E-state index is 10.9. The van der Waals surface area contributed by atoms with Crippen LogP contribution in [0.3, 0.4) is 0 Å². The van der Waals surface area contributed by atoms with E-state index in [-0.39, 0.29) is 11.3 Å². The molecule has 1 saturated heterocycles. The van der Waals surface area contributed by atoms with Gasteiger partial charge in [-0.15, -0.1) is 0 Å². The average Bonchev–Trinajstić information content (AvgIpc) is 1.99. The Kier molecular flexibility index (Phi) is 4.14. The molecule has 2 N–H and O–H groups in total. The molecule has 1 heterocycles. The van der Waals surface area contributed by atoms with Crippen LogP contribution >= 0.6 is 0 Å². The van der Waals surface area contributed by atoms with Gasteiger partial charge in [0.1, 0.15) is 9.84 Å². The van der Waals surface area contributed by atoms with Crippen molar-refractivity contribution in [2.75, 3.05) is 31.6 Å². The van der Waals surface area contributed by atoms with Crippen molar-refractivity contribution in [2.24, 2.45) is 5.73 Å². The summed E-state index contributed by atoms with van der Waals surface area (Å²) in [6.07, 6.45) is 4.19. The van der Waals surface area contributed by atoms with Crippen molar-refractivity contribution >= 4 is 9.84 Å². The van der Waals surface area contributed by atoms with E-state index in [2.05, 4.69) is 11.8 Å². The third-order valence-electron chi connectivity index (χ3n) is 2.81. The van der Waals surface area contributed by atoms with E-state index < -0.39 is 9.84 Å². The summed E-state index contributed by atoms with van der Waals surface area (Å²) in [7, 11) is -2.80. The Labute approximate surface area is 92.7 Å². The fourth-order valence-electron chi connectivity index (χ4n) is 2.21. The molecule has 0 atom stereocenters. The van der Waals surface area contributed by atoms with E-state index in [9.17, 15) is 8.42 Å². The van der Waals surface area contributed by atoms with Crippen molar-refractivity contribution in [3.05, 3.63) is 0 Å². The Balaban J connectivity index is 2.13. The van der Waals surface area contributed by atoms with E-state index in [4.69, 9.17) is 5.73 Å². The largest absolute Gasteiger partial charge is 0.323 e. The highest BCUT2D eigenvalue weighted by Gasteiger charge is 2.37. The van der Waals surface area contributed by atoms with E-state index in [0.717, 1.165) is 38.9 Å². The van der Waals surface area contributed by atoms with Crippen LogP contribution in [0.2, 0.25) is 0 Å². The lowest BCUT2D eigenvalue weighted by molar-refractivity contribution is 0.0644. The first-order valence-electron chi connectivity index (χ1n) is 5.54. The van der Waals surface area contributed by atoms with E-state index in [1.54, 1.807) is 0 Å². The van der Waals surface area contributed by atoms with Crippen LogP contribution in [-0.2, 0) is 9.84 Å². The third-order valence-corrected chi connectivity index (χ3v) is 3.84. The molecule has 90 valence electrons. The van der Waals surface area contributed by atoms with Crippen LogP contribution in [0.25, 0.3) is 0 Å². The first-order chi connectivity index (χ1) is 6.85. The van der Waals surface area contributed by atoms with Gasteiger partial charge in [-0.2, -0.15) is 0 Å². The first kappa shape index (κ1) is 12.9. The minimum atomic E-state index is -2.80. The van der Waals surface area contributed by atoms with Crippen molar-refractivity contribution in [1.29, 1.82) is 0 Å². The fourth-order valence-corrected chi connectivity index (χ4v) is 2.86. The second kappa shape index (κ2) is 4.80. The standard InChI is InChI=1S/C10H22N2O2S/c1-3-5-10(11)8-12(9-10)6-4-7-15(2,13)14/h3-9,11H2,1-2H3. The second-order valence-electron chi connectivity index (χ2n) is 4.81. The normalized spacial score (nSPS) is 21.3. The van der Waals surface area contributed by atoms with Crippen molar-refractivity contribution in [2.45, 2.75) is 31.7 Å². The van der Waals surface area contributed by atoms with Crippen molar-refractivity contribution in [3.8, 4) is 0 Å². The Morgan fingerprint density at radius 3 is 2.47 bits per heavy atom. The highest BCUT2D eigenvalue weighted by atomic mass is 32.2. The van der Waals surface area contributed by atoms with Gasteiger partial charge in [-0.1, -0.05) is 13.3 Å². The molecule has 0 aromatic carbocycles. The number of hydrogen-bond acceptors (Lipinski definition) is 4. The number of nitrogens with two attached hydrogens (primary N) is 1. The molecule has 0 radical (unpaired) electrons. The molecule has 0 bridgehead atoms. The minimum Gasteiger partial charge on any atom is -0.323 e. The topological polar surface area (TPSA) is 63.4 Å². The van der Waals surface area contributed by atoms with Gasteiger partial charge >= 0.3 is 0 Å². The predicted octanol–water partition coefficient (Wildman–Crippen LogP) is 0.234. The van der Waals surface area contributed by atoms with Gasteiger partial charge in [0.05, 0.1) is 5.75 Å². The third kappa shape index (κ3) is 4.49. The van der Waals surface area contributed by atoms with Gasteiger partial charge < -0.3 is 5.73 Å². The minimum absolute atomic E-state index is 0.000159. The van der Waals surface area contributed by atoms with Crippen LogP contribution in [0.4, 0.5) is 0 Å². The number of hydrogen-bond donors (Lipinski definition) is 1. The van der Waals surface area contributed by atoms with Gasteiger partial charge in [0.25, 0.3) is 0 Å². The van der Waals surface area contributed by atoms with E-state index in [0.29, 0.717) is 0 Å². The smallest absolute Gasteiger partial charge is 0.147 e. The lowest BCUT2D eigenvalue weighted by Gasteiger charge is -2.48. The molecule has 0 spiro atoms. The zero-order chi connectivity index (χ0) is 11.5. The second-order valence-corrected chi connectivity index (χ2v) is 7.07. The summed E-state index contributed by atoms with van der Waals surface area (Å²) in [5, 5.41) is 0. The average molecular weight is 234 g/mol. The number of rotatable bonds is 6. The van der Waals surface area contributed by atoms with Crippen LogP contribution in [0, 0.1) is 0 Å². The molecular formula is C10H22N2O2S. The summed E-state index contributed by atoms with van der Waals surface area (Å²) < 4.78 is 21.8. The van der Waals surface area contributed by atoms with Gasteiger partial charge in [-0.3, -0.25) is 4.90 Å². The van der Waals surface area contributed by atoms with E-state index >= 15 is 0 Å². The van der Waals surface area contributed by atoms with Crippen LogP contribution in [0.15, 0.2) is 0 Å². The lowest BCUT2D eigenvalue weighted by atomic mass is 9.86. The summed E-state index contributed by atoms with van der Waals surface area (Å²) in [6, 6.07) is 0. The van der Waals surface area contributed by atoms with Gasteiger partial charge in [-0.25, -0.2) is 8.42 Å². The molecular weight excluding hydrogens is 212 g/mol. The lowest BCUT2D eigenvalue weighted by Crippen LogP contribution is -2.67. The molecule has 4 nitrogen and oxygen atoms in total. The zero-order valence-electron chi connectivity index (χ0n) is 9.70. The fraction of sp³-hybridized carbons (Fsp3) is 1.00. The molecule has 1 rings (SSSR count). The monoisotopic (exact) mass is 234 g/mol. The maximum absolute atomic E-state index is 10.9. The summed E-state index contributed by atoms with van der Waals surface area (Å²) in [4.78, 5) is 2.24. The molecule has 1 aliphatic heterocycles. The first-order valence-corrected chi connectivity index (χ1v) is 7.60. The van der Waals surface area contributed by atoms with Crippen molar-refractivity contribution < 1.29 is 8.42 Å². The van der Waals surface area contributed by atoms with Crippen LogP contribution in [-0.4, -0.2) is 50.5 Å². The van der Waals surface area contributed by atoms with E-state index in [1.807, 2.05) is 0 Å². The Hall–Kier alpha value is -0.130. The highest BCUT2D eigenvalue weighted by molar-refractivity contribution is 7.90. The van der Waals surface area contributed by atoms with E-state index in [1.165, 1.54) is 6.26 Å². The Morgan fingerprint density at radius 2 is 2.00 bits per heavy atom. The predicted molar refractivity (Wildman–Crippen MR) is 62.6 cm³/mol. The SMILES string of the molecule is CCCC1(N)CN(CCCS(C)(=O)=O)C1. The molecule has 1 fully saturated rings. The summed E-state index contributed by atoms with van der Waals surface area (Å²) in [6.45, 7) is 4.84. The Morgan fingerprint density at radius 1 is 1.40 bits per heavy atom. The number of nitrogens with zero attached hydrogens (tertiary/aromatic N) is 1. The van der Waals surface area contributed by atoms with Crippen LogP contribution in [0.5, 0.6) is 0 Å². The van der Waals surface area contributed by atoms with Gasteiger partial charge in [-0.05, 0) is 19.4 Å². The molecule has 5 heteroatoms. The van der Waals surface area contributed by atoms with Crippen LogP contribution < -0.4 is 5.73 Å². The zero-order valence-corrected chi connectivity index (χ0v) is 10.5. The van der Waals surface area contributed by atoms with Gasteiger partial charge in [0.2, 0.25) is 0 Å². The highest BCUT2D eigenvalue weighted by Crippen LogP contribution is 2.22.